The third-order valence-electron chi connectivity index (χ3n) is 5.12. The fourth-order valence-corrected chi connectivity index (χ4v) is 3.83. The van der Waals surface area contributed by atoms with Crippen molar-refractivity contribution in [3.63, 3.8) is 0 Å². The summed E-state index contributed by atoms with van der Waals surface area (Å²) >= 11 is 0. The largest absolute Gasteiger partial charge is 0.369 e. The average molecular weight is 343 g/mol. The number of amides is 1. The lowest BCUT2D eigenvalue weighted by Gasteiger charge is -2.26. The van der Waals surface area contributed by atoms with Gasteiger partial charge in [-0.1, -0.05) is 0 Å². The minimum atomic E-state index is -0.0523. The molecule has 1 amide bonds. The monoisotopic (exact) mass is 343 g/mol. The second-order valence-electron chi connectivity index (χ2n) is 7.27. The lowest BCUT2D eigenvalue weighted by Crippen LogP contribution is -2.30. The first kappa shape index (κ1) is 16.3. The van der Waals surface area contributed by atoms with Gasteiger partial charge in [0.1, 0.15) is 5.82 Å². The number of carbonyl (C=O) groups is 1. The van der Waals surface area contributed by atoms with Gasteiger partial charge in [0.25, 0.3) is 5.91 Å². The zero-order chi connectivity index (χ0) is 17.7. The number of nitrogens with zero attached hydrogens (tertiary/aromatic N) is 5. The van der Waals surface area contributed by atoms with Crippen molar-refractivity contribution < 1.29 is 9.53 Å². The van der Waals surface area contributed by atoms with Crippen LogP contribution in [-0.2, 0) is 24.8 Å². The van der Waals surface area contributed by atoms with E-state index in [9.17, 15) is 4.79 Å². The van der Waals surface area contributed by atoms with Gasteiger partial charge in [0.2, 0.25) is 0 Å². The molecule has 0 N–H and O–H groups in total. The van der Waals surface area contributed by atoms with Crippen molar-refractivity contribution in [1.29, 1.82) is 0 Å². The maximum Gasteiger partial charge on any atom is 0.274 e. The van der Waals surface area contributed by atoms with E-state index in [4.69, 9.17) is 4.74 Å². The predicted octanol–water partition coefficient (Wildman–Crippen LogP) is 2.25. The van der Waals surface area contributed by atoms with Gasteiger partial charge in [0, 0.05) is 44.5 Å². The van der Waals surface area contributed by atoms with Gasteiger partial charge in [-0.05, 0) is 26.7 Å². The minimum absolute atomic E-state index is 0.0446. The van der Waals surface area contributed by atoms with Gasteiger partial charge < -0.3 is 14.2 Å². The van der Waals surface area contributed by atoms with Crippen LogP contribution in [0.25, 0.3) is 0 Å². The summed E-state index contributed by atoms with van der Waals surface area (Å²) < 4.78 is 9.86. The molecule has 1 aliphatic heterocycles. The summed E-state index contributed by atoms with van der Waals surface area (Å²) in [6, 6.07) is 0.558. The Hall–Kier alpha value is -2.15. The molecule has 0 spiro atoms. The highest BCUT2D eigenvalue weighted by Gasteiger charge is 2.33. The quantitative estimate of drug-likeness (QED) is 0.854. The fourth-order valence-electron chi connectivity index (χ4n) is 3.83. The molecule has 2 atom stereocenters. The molecule has 0 unspecified atom stereocenters. The van der Waals surface area contributed by atoms with E-state index in [1.54, 1.807) is 9.58 Å². The molecule has 0 bridgehead atoms. The van der Waals surface area contributed by atoms with Crippen molar-refractivity contribution in [1.82, 2.24) is 24.2 Å². The first-order valence-electron chi connectivity index (χ1n) is 8.94. The third kappa shape index (κ3) is 2.86. The van der Waals surface area contributed by atoms with E-state index in [2.05, 4.69) is 14.6 Å². The molecule has 0 radical (unpaired) electrons. The van der Waals surface area contributed by atoms with E-state index >= 15 is 0 Å². The van der Waals surface area contributed by atoms with Crippen LogP contribution >= 0.6 is 0 Å². The van der Waals surface area contributed by atoms with Gasteiger partial charge in [-0.25, -0.2) is 4.98 Å². The first-order valence-corrected chi connectivity index (χ1v) is 8.94. The summed E-state index contributed by atoms with van der Waals surface area (Å²) in [5, 5.41) is 4.52. The van der Waals surface area contributed by atoms with Crippen LogP contribution in [0.15, 0.2) is 12.4 Å². The van der Waals surface area contributed by atoms with Crippen molar-refractivity contribution >= 4 is 5.91 Å². The topological polar surface area (TPSA) is 65.2 Å². The van der Waals surface area contributed by atoms with Crippen molar-refractivity contribution in [2.75, 3.05) is 7.05 Å². The van der Waals surface area contributed by atoms with Crippen LogP contribution in [0.2, 0.25) is 0 Å². The molecule has 7 nitrogen and oxygen atoms in total. The number of aromatic nitrogens is 4. The SMILES string of the molecule is C[C@@H]1Cc2c(C(=O)N(C)Cc3nccn3C3CC3)nn(C)c2[C@H](C)O1. The number of fused-ring (bicyclic) bond motifs is 1. The number of carbonyl (C=O) groups excluding carboxylic acids is 1. The zero-order valence-electron chi connectivity index (χ0n) is 15.3. The van der Waals surface area contributed by atoms with Crippen LogP contribution in [0.3, 0.4) is 0 Å². The van der Waals surface area contributed by atoms with Gasteiger partial charge in [-0.3, -0.25) is 9.48 Å². The maximum absolute atomic E-state index is 13.0. The molecule has 25 heavy (non-hydrogen) atoms. The number of hydrogen-bond donors (Lipinski definition) is 0. The summed E-state index contributed by atoms with van der Waals surface area (Å²) in [7, 11) is 3.70. The summed E-state index contributed by atoms with van der Waals surface area (Å²) in [6.45, 7) is 4.55. The van der Waals surface area contributed by atoms with E-state index < -0.39 is 0 Å². The second-order valence-corrected chi connectivity index (χ2v) is 7.27. The van der Waals surface area contributed by atoms with Crippen molar-refractivity contribution in [3.8, 4) is 0 Å². The molecule has 1 saturated carbocycles. The highest BCUT2D eigenvalue weighted by atomic mass is 16.5. The average Bonchev–Trinajstić information content (AvgIpc) is 3.21. The Morgan fingerprint density at radius 1 is 1.40 bits per heavy atom. The number of imidazole rings is 1. The summed E-state index contributed by atoms with van der Waals surface area (Å²) in [5.74, 6) is 0.886. The number of rotatable bonds is 4. The number of aryl methyl sites for hydroxylation is 1. The van der Waals surface area contributed by atoms with Crippen LogP contribution in [-0.4, -0.2) is 43.3 Å². The first-order chi connectivity index (χ1) is 12.0. The van der Waals surface area contributed by atoms with Crippen molar-refractivity contribution in [2.24, 2.45) is 7.05 Å². The van der Waals surface area contributed by atoms with E-state index in [0.29, 0.717) is 18.3 Å². The molecule has 2 aliphatic rings. The number of ether oxygens (including phenoxy) is 1. The Balaban J connectivity index is 1.58. The molecule has 2 aromatic rings. The Labute approximate surface area is 147 Å². The Morgan fingerprint density at radius 3 is 2.88 bits per heavy atom. The standard InChI is InChI=1S/C18H25N5O2/c1-11-9-14-16(20-22(4)17(14)12(2)25-11)18(24)21(3)10-15-19-7-8-23(15)13-5-6-13/h7-8,11-13H,5-6,9-10H2,1-4H3/t11-,12+/m1/s1. The van der Waals surface area contributed by atoms with Crippen molar-refractivity contribution in [3.05, 3.63) is 35.2 Å². The summed E-state index contributed by atoms with van der Waals surface area (Å²) in [5.41, 5.74) is 2.58. The van der Waals surface area contributed by atoms with Gasteiger partial charge in [-0.15, -0.1) is 0 Å². The highest BCUT2D eigenvalue weighted by molar-refractivity contribution is 5.94. The highest BCUT2D eigenvalue weighted by Crippen LogP contribution is 2.36. The predicted molar refractivity (Wildman–Crippen MR) is 92.2 cm³/mol. The molecule has 134 valence electrons. The van der Waals surface area contributed by atoms with E-state index in [1.807, 2.05) is 40.3 Å². The van der Waals surface area contributed by atoms with Gasteiger partial charge >= 0.3 is 0 Å². The second kappa shape index (κ2) is 5.98. The van der Waals surface area contributed by atoms with Crippen molar-refractivity contribution in [2.45, 2.75) is 57.9 Å². The molecule has 4 rings (SSSR count). The third-order valence-corrected chi connectivity index (χ3v) is 5.12. The minimum Gasteiger partial charge on any atom is -0.369 e. The molecule has 0 saturated heterocycles. The van der Waals surface area contributed by atoms with E-state index in [0.717, 1.165) is 23.5 Å². The van der Waals surface area contributed by atoms with Gasteiger partial charge in [-0.2, -0.15) is 5.10 Å². The lowest BCUT2D eigenvalue weighted by atomic mass is 9.99. The smallest absolute Gasteiger partial charge is 0.274 e. The maximum atomic E-state index is 13.0. The van der Waals surface area contributed by atoms with Crippen LogP contribution in [0.1, 0.15) is 66.4 Å². The molecule has 2 aromatic heterocycles. The molecular weight excluding hydrogens is 318 g/mol. The van der Waals surface area contributed by atoms with Gasteiger partial charge in [0.15, 0.2) is 5.69 Å². The molecule has 1 fully saturated rings. The molecule has 3 heterocycles. The fraction of sp³-hybridized carbons (Fsp3) is 0.611. The molecule has 7 heteroatoms. The molecule has 1 aliphatic carbocycles. The Kier molecular flexibility index (Phi) is 3.91. The van der Waals surface area contributed by atoms with Crippen LogP contribution < -0.4 is 0 Å². The normalized spacial score (nSPS) is 22.7. The lowest BCUT2D eigenvalue weighted by molar-refractivity contribution is -0.00906. The Bertz CT molecular complexity index is 804. The Morgan fingerprint density at radius 2 is 2.16 bits per heavy atom. The number of hydrogen-bond acceptors (Lipinski definition) is 4. The van der Waals surface area contributed by atoms with E-state index in [-0.39, 0.29) is 18.1 Å². The van der Waals surface area contributed by atoms with Crippen LogP contribution in [0.4, 0.5) is 0 Å². The zero-order valence-corrected chi connectivity index (χ0v) is 15.3. The van der Waals surface area contributed by atoms with Crippen LogP contribution in [0, 0.1) is 0 Å². The van der Waals surface area contributed by atoms with Crippen LogP contribution in [0.5, 0.6) is 0 Å². The molecule has 0 aromatic carbocycles. The van der Waals surface area contributed by atoms with Gasteiger partial charge in [0.05, 0.1) is 24.4 Å². The summed E-state index contributed by atoms with van der Waals surface area (Å²) in [6.07, 6.45) is 6.99. The van der Waals surface area contributed by atoms with E-state index in [1.165, 1.54) is 12.8 Å². The summed E-state index contributed by atoms with van der Waals surface area (Å²) in [4.78, 5) is 19.2. The molecular formula is C18H25N5O2.